The first-order valence-electron chi connectivity index (χ1n) is 10.6. The van der Waals surface area contributed by atoms with Gasteiger partial charge < -0.3 is 20.5 Å². The van der Waals surface area contributed by atoms with E-state index in [1.54, 1.807) is 18.2 Å². The zero-order valence-electron chi connectivity index (χ0n) is 17.4. The Morgan fingerprint density at radius 2 is 2.00 bits per heavy atom. The Bertz CT molecular complexity index is 643. The molecule has 1 aromatic rings. The topological polar surface area (TPSA) is 70.6 Å². The van der Waals surface area contributed by atoms with Crippen molar-refractivity contribution in [3.8, 4) is 5.75 Å². The second kappa shape index (κ2) is 11.8. The van der Waals surface area contributed by atoms with Crippen molar-refractivity contribution in [1.82, 2.24) is 10.6 Å². The van der Waals surface area contributed by atoms with Gasteiger partial charge in [0.05, 0.1) is 10.6 Å². The number of halogens is 1. The number of carbonyl (C=O) groups excluding carboxylic acids is 1. The number of nitrogens with one attached hydrogen (secondary N) is 2. The zero-order valence-corrected chi connectivity index (χ0v) is 18.1. The van der Waals surface area contributed by atoms with E-state index in [1.165, 1.54) is 44.9 Å². The van der Waals surface area contributed by atoms with Gasteiger partial charge in [-0.15, -0.1) is 0 Å². The molecule has 1 aromatic carbocycles. The number of aliphatic hydroxyl groups is 1. The molecule has 0 unspecified atom stereocenters. The molecule has 2 saturated carbocycles. The summed E-state index contributed by atoms with van der Waals surface area (Å²) in [5.74, 6) is 1.39. The molecule has 162 valence electrons. The lowest BCUT2D eigenvalue weighted by Gasteiger charge is -2.45. The second-order valence-electron chi connectivity index (χ2n) is 8.35. The largest absolute Gasteiger partial charge is 0.492 e. The standard InChI is InChI=1S/C22H33ClN2O3.CH2/c23-20-7-6-18(28-13-11-24-10-3-12-26)14-19(20)21(27)25-16-22-8-1-4-17(15-22)5-2-9-22;/h6-7,14,17,24,26H,1-5,8-13,15-16H2,(H,25,27);1H2. The van der Waals surface area contributed by atoms with Crippen molar-refractivity contribution < 1.29 is 14.6 Å². The minimum atomic E-state index is -0.112. The summed E-state index contributed by atoms with van der Waals surface area (Å²) in [4.78, 5) is 12.8. The zero-order chi connectivity index (χ0) is 19.8. The van der Waals surface area contributed by atoms with Gasteiger partial charge in [-0.1, -0.05) is 44.7 Å². The van der Waals surface area contributed by atoms with Crippen LogP contribution in [0.15, 0.2) is 18.2 Å². The number of ether oxygens (including phenoxy) is 1. The molecule has 2 radical (unpaired) electrons. The fourth-order valence-corrected chi connectivity index (χ4v) is 4.98. The van der Waals surface area contributed by atoms with Gasteiger partial charge in [-0.3, -0.25) is 4.79 Å². The Morgan fingerprint density at radius 1 is 1.24 bits per heavy atom. The molecule has 0 heterocycles. The van der Waals surface area contributed by atoms with Crippen molar-refractivity contribution >= 4 is 17.5 Å². The molecule has 0 aliphatic heterocycles. The number of fused-ring (bicyclic) bond motifs is 2. The maximum Gasteiger partial charge on any atom is 0.252 e. The van der Waals surface area contributed by atoms with E-state index in [0.29, 0.717) is 29.5 Å². The van der Waals surface area contributed by atoms with Gasteiger partial charge in [-0.25, -0.2) is 0 Å². The summed E-state index contributed by atoms with van der Waals surface area (Å²) in [6, 6.07) is 5.24. The number of aliphatic hydroxyl groups excluding tert-OH is 1. The molecule has 3 rings (SSSR count). The predicted octanol–water partition coefficient (Wildman–Crippen LogP) is 4.11. The third-order valence-electron chi connectivity index (χ3n) is 6.23. The van der Waals surface area contributed by atoms with Crippen LogP contribution in [0.2, 0.25) is 5.02 Å². The molecular formula is C23H35ClN2O3. The van der Waals surface area contributed by atoms with Crippen molar-refractivity contribution in [1.29, 1.82) is 0 Å². The van der Waals surface area contributed by atoms with Crippen LogP contribution in [-0.4, -0.2) is 43.9 Å². The summed E-state index contributed by atoms with van der Waals surface area (Å²) < 4.78 is 5.73. The Hall–Kier alpha value is -1.30. The van der Waals surface area contributed by atoms with E-state index >= 15 is 0 Å². The van der Waals surface area contributed by atoms with Crippen molar-refractivity contribution in [3.63, 3.8) is 0 Å². The van der Waals surface area contributed by atoms with Crippen LogP contribution in [0.1, 0.15) is 61.7 Å². The minimum Gasteiger partial charge on any atom is -0.492 e. The Morgan fingerprint density at radius 3 is 2.72 bits per heavy atom. The SMILES string of the molecule is O=C(NCC12CCCC(CCC1)C2)c1cc(OCCNCCCO)ccc1Cl.[CH2]. The summed E-state index contributed by atoms with van der Waals surface area (Å²) in [7, 11) is 0. The van der Waals surface area contributed by atoms with Crippen LogP contribution in [0, 0.1) is 18.8 Å². The van der Waals surface area contributed by atoms with Gasteiger partial charge in [0, 0.05) is 19.7 Å². The average molecular weight is 423 g/mol. The Labute approximate surface area is 180 Å². The van der Waals surface area contributed by atoms with Crippen molar-refractivity contribution in [2.45, 2.75) is 51.4 Å². The highest BCUT2D eigenvalue weighted by molar-refractivity contribution is 6.33. The van der Waals surface area contributed by atoms with Gasteiger partial charge in [-0.05, 0) is 61.8 Å². The molecule has 3 N–H and O–H groups in total. The first-order chi connectivity index (χ1) is 13.6. The summed E-state index contributed by atoms with van der Waals surface area (Å²) >= 11 is 6.28. The van der Waals surface area contributed by atoms with Crippen LogP contribution in [0.3, 0.4) is 0 Å². The fourth-order valence-electron chi connectivity index (χ4n) is 4.77. The van der Waals surface area contributed by atoms with E-state index in [4.69, 9.17) is 21.4 Å². The Kier molecular flexibility index (Phi) is 9.73. The third kappa shape index (κ3) is 6.87. The molecule has 5 nitrogen and oxygen atoms in total. The lowest BCUT2D eigenvalue weighted by atomic mass is 9.62. The van der Waals surface area contributed by atoms with E-state index in [0.717, 1.165) is 25.4 Å². The van der Waals surface area contributed by atoms with E-state index in [1.807, 2.05) is 0 Å². The summed E-state index contributed by atoms with van der Waals surface area (Å²) in [5, 5.41) is 15.6. The predicted molar refractivity (Wildman–Crippen MR) is 117 cm³/mol. The van der Waals surface area contributed by atoms with Gasteiger partial charge >= 0.3 is 0 Å². The van der Waals surface area contributed by atoms with Gasteiger partial charge in [0.1, 0.15) is 12.4 Å². The van der Waals surface area contributed by atoms with E-state index < -0.39 is 0 Å². The number of hydrogen-bond acceptors (Lipinski definition) is 4. The monoisotopic (exact) mass is 422 g/mol. The van der Waals surface area contributed by atoms with Crippen molar-refractivity contribution in [2.24, 2.45) is 11.3 Å². The van der Waals surface area contributed by atoms with Crippen molar-refractivity contribution in [3.05, 3.63) is 36.2 Å². The van der Waals surface area contributed by atoms with Crippen molar-refractivity contribution in [2.75, 3.05) is 32.8 Å². The van der Waals surface area contributed by atoms with Gasteiger partial charge in [0.2, 0.25) is 0 Å². The second-order valence-corrected chi connectivity index (χ2v) is 8.76. The molecule has 2 aliphatic rings. The summed E-state index contributed by atoms with van der Waals surface area (Å²) in [6.07, 6.45) is 9.73. The number of hydrogen-bond donors (Lipinski definition) is 3. The number of amides is 1. The normalized spacial score (nSPS) is 23.2. The summed E-state index contributed by atoms with van der Waals surface area (Å²) in [5.41, 5.74) is 0.768. The molecule has 2 fully saturated rings. The smallest absolute Gasteiger partial charge is 0.252 e. The molecule has 29 heavy (non-hydrogen) atoms. The molecule has 0 spiro atoms. The fraction of sp³-hybridized carbons (Fsp3) is 0.652. The molecule has 0 aromatic heterocycles. The number of benzene rings is 1. The first-order valence-corrected chi connectivity index (χ1v) is 11.0. The summed E-state index contributed by atoms with van der Waals surface area (Å²) in [6.45, 7) is 2.88. The van der Waals surface area contributed by atoms with Crippen LogP contribution >= 0.6 is 11.6 Å². The van der Waals surface area contributed by atoms with Gasteiger partial charge in [0.15, 0.2) is 0 Å². The van der Waals surface area contributed by atoms with E-state index in [-0.39, 0.29) is 25.4 Å². The number of rotatable bonds is 10. The molecule has 2 bridgehead atoms. The molecular weight excluding hydrogens is 388 g/mol. The van der Waals surface area contributed by atoms with Crippen LogP contribution in [0.5, 0.6) is 5.75 Å². The maximum absolute atomic E-state index is 12.8. The molecule has 6 heteroatoms. The van der Waals surface area contributed by atoms with E-state index in [2.05, 4.69) is 10.6 Å². The maximum atomic E-state index is 12.8. The highest BCUT2D eigenvalue weighted by Crippen LogP contribution is 2.48. The molecule has 0 saturated heterocycles. The van der Waals surface area contributed by atoms with Gasteiger partial charge in [0.25, 0.3) is 5.91 Å². The average Bonchev–Trinajstić information content (AvgIpc) is 2.70. The number of carbonyl (C=O) groups is 1. The van der Waals surface area contributed by atoms with Crippen LogP contribution in [-0.2, 0) is 0 Å². The highest BCUT2D eigenvalue weighted by Gasteiger charge is 2.39. The first kappa shape index (κ1) is 24.0. The quantitative estimate of drug-likeness (QED) is 0.496. The van der Waals surface area contributed by atoms with Crippen LogP contribution < -0.4 is 15.4 Å². The molecule has 0 atom stereocenters. The van der Waals surface area contributed by atoms with E-state index in [9.17, 15) is 4.79 Å². The lowest BCUT2D eigenvalue weighted by molar-refractivity contribution is 0.0681. The third-order valence-corrected chi connectivity index (χ3v) is 6.56. The lowest BCUT2D eigenvalue weighted by Crippen LogP contribution is -2.43. The Balaban J connectivity index is 0.00000300. The highest BCUT2D eigenvalue weighted by atomic mass is 35.5. The molecule has 1 amide bonds. The van der Waals surface area contributed by atoms with Gasteiger partial charge in [-0.2, -0.15) is 0 Å². The van der Waals surface area contributed by atoms with Crippen LogP contribution in [0.25, 0.3) is 0 Å². The van der Waals surface area contributed by atoms with Crippen LogP contribution in [0.4, 0.5) is 0 Å². The molecule has 2 aliphatic carbocycles. The minimum absolute atomic E-state index is 0.